The Bertz CT molecular complexity index is 3540. The normalized spacial score (nSPS) is 11.7. The van der Waals surface area contributed by atoms with Crippen molar-refractivity contribution in [1.82, 2.24) is 15.0 Å². The van der Waals surface area contributed by atoms with Crippen molar-refractivity contribution in [2.24, 2.45) is 0 Å². The Labute approximate surface area is 388 Å². The van der Waals surface area contributed by atoms with E-state index in [1.54, 1.807) is 12.1 Å². The summed E-state index contributed by atoms with van der Waals surface area (Å²) in [5.74, 6) is -0.141. The molecule has 0 aliphatic carbocycles. The molecule has 0 atom stereocenters. The Morgan fingerprint density at radius 3 is 1.16 bits per heavy atom. The minimum atomic E-state index is -0.142. The summed E-state index contributed by atoms with van der Waals surface area (Å²) < 4.78 is 6.20. The molecule has 9 aromatic rings. The van der Waals surface area contributed by atoms with E-state index in [1.165, 1.54) is 0 Å². The summed E-state index contributed by atoms with van der Waals surface area (Å²) in [7, 11) is 119. The maximum atomic E-state index is 6.94. The molecule has 2 aromatic heterocycles. The fourth-order valence-electron chi connectivity index (χ4n) is 8.33. The van der Waals surface area contributed by atoms with Gasteiger partial charge in [0.2, 0.25) is 0 Å². The van der Waals surface area contributed by atoms with Crippen molar-refractivity contribution in [3.8, 4) is 45.3 Å². The van der Waals surface area contributed by atoms with Gasteiger partial charge in [0.05, 0.1) is 0 Å². The second kappa shape index (κ2) is 15.3. The Kier molecular flexibility index (Phi) is 10.5. The zero-order valence-electron chi connectivity index (χ0n) is 33.2. The summed E-state index contributed by atoms with van der Waals surface area (Å²) in [5.41, 5.74) is 0.418. The van der Waals surface area contributed by atoms with Gasteiger partial charge in [0, 0.05) is 27.5 Å². The number of para-hydroxylation sites is 1. The molecule has 2 heterocycles. The van der Waals surface area contributed by atoms with Crippen molar-refractivity contribution in [1.29, 1.82) is 0 Å². The molecule has 0 fully saturated rings. The lowest BCUT2D eigenvalue weighted by Crippen LogP contribution is -2.55. The van der Waals surface area contributed by atoms with E-state index in [1.807, 2.05) is 30.3 Å². The third kappa shape index (κ3) is 6.12. The second-order valence-corrected chi connectivity index (χ2v) is 15.0. The standard InChI is InChI=1S/C41H7B18N3O/c42-21-13(14-16-18(26(47)32(53)22(14)43)27(48)35(56)34(55)24(16)45)15-17(25(46)31(21)52)19(28(49)33(54)23(15)44)40-60-39(9-5-3-7-11-12(9)8-4-1-2-6-10(8)63-11)61-41(62-40)20-29(50)36(57)38(59)37(58)30(20)51/h1-7H. The van der Waals surface area contributed by atoms with Crippen molar-refractivity contribution < 1.29 is 4.42 Å². The lowest BCUT2D eigenvalue weighted by molar-refractivity contribution is 0.669. The summed E-state index contributed by atoms with van der Waals surface area (Å²) in [6.45, 7) is 0. The van der Waals surface area contributed by atoms with Crippen LogP contribution in [0.5, 0.6) is 0 Å². The van der Waals surface area contributed by atoms with Crippen LogP contribution in [0.4, 0.5) is 0 Å². The van der Waals surface area contributed by atoms with Crippen LogP contribution in [0.15, 0.2) is 46.9 Å². The maximum absolute atomic E-state index is 6.94. The molecule has 9 rings (SSSR count). The summed E-state index contributed by atoms with van der Waals surface area (Å²) in [4.78, 5) is 14.8. The Morgan fingerprint density at radius 2 is 0.619 bits per heavy atom. The highest BCUT2D eigenvalue weighted by molar-refractivity contribution is 6.74. The molecule has 0 saturated carbocycles. The molecule has 36 radical (unpaired) electrons. The molecule has 63 heavy (non-hydrogen) atoms. The molecule has 4 nitrogen and oxygen atoms in total. The van der Waals surface area contributed by atoms with E-state index in [9.17, 15) is 0 Å². The smallest absolute Gasteiger partial charge is 0.164 e. The van der Waals surface area contributed by atoms with Crippen LogP contribution in [0.3, 0.4) is 0 Å². The van der Waals surface area contributed by atoms with Gasteiger partial charge in [-0.15, -0.1) is 43.7 Å². The minimum Gasteiger partial charge on any atom is -0.456 e. The third-order valence-electron chi connectivity index (χ3n) is 11.7. The molecule has 0 aliphatic heterocycles. The molecule has 7 aromatic carbocycles. The van der Waals surface area contributed by atoms with Gasteiger partial charge < -0.3 is 4.42 Å². The number of hydrogen-bond acceptors (Lipinski definition) is 4. The van der Waals surface area contributed by atoms with E-state index >= 15 is 0 Å². The van der Waals surface area contributed by atoms with Crippen molar-refractivity contribution in [2.45, 2.75) is 0 Å². The average Bonchev–Trinajstić information content (AvgIpc) is 3.66. The van der Waals surface area contributed by atoms with Gasteiger partial charge in [-0.2, -0.15) is 0 Å². The van der Waals surface area contributed by atoms with Gasteiger partial charge in [-0.05, 0) is 44.8 Å². The van der Waals surface area contributed by atoms with Gasteiger partial charge in [0.1, 0.15) is 152 Å². The van der Waals surface area contributed by atoms with Crippen LogP contribution in [0, 0.1) is 0 Å². The van der Waals surface area contributed by atoms with Crippen LogP contribution in [-0.4, -0.2) is 156 Å². The number of hydrogen-bond donors (Lipinski definition) is 0. The van der Waals surface area contributed by atoms with Gasteiger partial charge in [-0.1, -0.05) is 85.0 Å². The van der Waals surface area contributed by atoms with Crippen LogP contribution in [0.1, 0.15) is 0 Å². The molecule has 246 valence electrons. The zero-order chi connectivity index (χ0) is 45.4. The van der Waals surface area contributed by atoms with Gasteiger partial charge in [0.15, 0.2) is 17.5 Å². The number of furan rings is 1. The van der Waals surface area contributed by atoms with Gasteiger partial charge in [0.25, 0.3) is 0 Å². The van der Waals surface area contributed by atoms with E-state index < -0.39 is 0 Å². The van der Waals surface area contributed by atoms with E-state index in [2.05, 4.69) is 0 Å². The fraction of sp³-hybridized carbons (Fsp3) is 0. The Hall–Kier alpha value is -4.96. The quantitative estimate of drug-likeness (QED) is 0.168. The molecule has 0 N–H and O–H groups in total. The predicted octanol–water partition coefficient (Wildman–Crippen LogP) is -11.0. The SMILES string of the molecule is [B]c1c([B])c([B])c(-c2nc(-c3c([B])c([B])c([B])c4c(-c5c([B])c([B])c([B])c6c([B])c([B])c([B])c([B])c56)c([B])c([B])c([B])c34)nc(-c3cccc4oc5ccccc5c34)n2)c([B])c1[B]. The first-order valence-electron chi connectivity index (χ1n) is 18.8. The number of aromatic nitrogens is 3. The van der Waals surface area contributed by atoms with E-state index in [-0.39, 0.29) is 160 Å². The molecule has 0 amide bonds. The monoisotopic (exact) mass is 755 g/mol. The highest BCUT2D eigenvalue weighted by Crippen LogP contribution is 2.37. The Morgan fingerprint density at radius 1 is 0.270 bits per heavy atom. The lowest BCUT2D eigenvalue weighted by Gasteiger charge is -2.30. The molecule has 0 bridgehead atoms. The summed E-state index contributed by atoms with van der Waals surface area (Å²) in [6, 6.07) is 12.8. The summed E-state index contributed by atoms with van der Waals surface area (Å²) >= 11 is 0. The van der Waals surface area contributed by atoms with E-state index in [0.29, 0.717) is 22.1 Å². The topological polar surface area (TPSA) is 51.8 Å². The largest absolute Gasteiger partial charge is 0.456 e. The molecule has 0 aliphatic rings. The number of fused-ring (bicyclic) bond motifs is 5. The van der Waals surface area contributed by atoms with Crippen LogP contribution in [0.2, 0.25) is 0 Å². The number of nitrogens with zero attached hydrogens (tertiary/aromatic N) is 3. The molecular weight excluding hydrogens is 745 g/mol. The molecule has 22 heteroatoms. The first-order valence-corrected chi connectivity index (χ1v) is 18.8. The van der Waals surface area contributed by atoms with E-state index in [0.717, 1.165) is 5.39 Å². The van der Waals surface area contributed by atoms with Crippen LogP contribution in [-0.2, 0) is 0 Å². The molecule has 0 saturated heterocycles. The van der Waals surface area contributed by atoms with Gasteiger partial charge in [-0.25, -0.2) is 15.0 Å². The van der Waals surface area contributed by atoms with Crippen molar-refractivity contribution >= 4 is 283 Å². The third-order valence-corrected chi connectivity index (χ3v) is 11.7. The predicted molar refractivity (Wildman–Crippen MR) is 281 cm³/mol. The Balaban J connectivity index is 1.49. The highest BCUT2D eigenvalue weighted by atomic mass is 16.3. The zero-order valence-corrected chi connectivity index (χ0v) is 33.2. The maximum Gasteiger partial charge on any atom is 0.164 e. The van der Waals surface area contributed by atoms with Crippen LogP contribution in [0.25, 0.3) is 88.8 Å². The average molecular weight is 752 g/mol. The molecule has 0 spiro atoms. The van der Waals surface area contributed by atoms with Crippen LogP contribution >= 0.6 is 0 Å². The first kappa shape index (κ1) is 43.3. The summed E-state index contributed by atoms with van der Waals surface area (Å²) in [5, 5.41) is 1.86. The fourth-order valence-corrected chi connectivity index (χ4v) is 8.33. The number of benzene rings is 7. The highest BCUT2D eigenvalue weighted by Gasteiger charge is 2.28. The lowest BCUT2D eigenvalue weighted by atomic mass is 9.56. The number of rotatable bonds is 4. The summed E-state index contributed by atoms with van der Waals surface area (Å²) in [6.07, 6.45) is 0. The van der Waals surface area contributed by atoms with Crippen molar-refractivity contribution in [3.63, 3.8) is 0 Å². The van der Waals surface area contributed by atoms with Crippen molar-refractivity contribution in [3.05, 3.63) is 42.5 Å². The first-order chi connectivity index (χ1) is 29.8. The van der Waals surface area contributed by atoms with Crippen molar-refractivity contribution in [2.75, 3.05) is 0 Å². The second-order valence-electron chi connectivity index (χ2n) is 15.0. The van der Waals surface area contributed by atoms with Gasteiger partial charge in [-0.3, -0.25) is 0 Å². The van der Waals surface area contributed by atoms with Gasteiger partial charge >= 0.3 is 0 Å². The molecular formula is C41H7B18N3O. The van der Waals surface area contributed by atoms with Crippen LogP contribution < -0.4 is 98.3 Å². The molecule has 0 unspecified atom stereocenters. The minimum absolute atomic E-state index is 0.0207. The van der Waals surface area contributed by atoms with E-state index in [4.69, 9.17) is 161 Å².